The third-order valence-electron chi connectivity index (χ3n) is 10.0. The number of carbonyl (C=O) groups is 2. The average Bonchev–Trinajstić information content (AvgIpc) is 3.56. The maximum absolute atomic E-state index is 14.3. The number of amides is 2. The molecule has 14 nitrogen and oxygen atoms in total. The molecule has 2 fully saturated rings. The average molecular weight is 800 g/mol. The molecule has 0 atom stereocenters. The van der Waals surface area contributed by atoms with Crippen LogP contribution in [0.2, 0.25) is 5.02 Å². The molecule has 1 aliphatic carbocycles. The number of aromatic nitrogens is 6. The molecule has 7 rings (SSSR count). The third-order valence-corrected chi connectivity index (χ3v) is 11.5. The molecule has 2 saturated heterocycles. The molecular formula is C33H35ClF5N9O5S. The number of hydrogen-bond acceptors (Lipinski definition) is 10. The zero-order valence-corrected chi connectivity index (χ0v) is 30.6. The Morgan fingerprint density at radius 2 is 1.81 bits per heavy atom. The highest BCUT2D eigenvalue weighted by Gasteiger charge is 2.65. The van der Waals surface area contributed by atoms with E-state index < -0.39 is 44.1 Å². The van der Waals surface area contributed by atoms with E-state index in [4.69, 9.17) is 21.3 Å². The summed E-state index contributed by atoms with van der Waals surface area (Å²) in [6.45, 7) is 4.77. The summed E-state index contributed by atoms with van der Waals surface area (Å²) in [5.74, 6) is -1.31. The number of benzene rings is 1. The van der Waals surface area contributed by atoms with E-state index in [2.05, 4.69) is 20.4 Å². The maximum Gasteiger partial charge on any atom is 0.310 e. The van der Waals surface area contributed by atoms with Gasteiger partial charge in [-0.25, -0.2) is 9.97 Å². The number of anilines is 2. The van der Waals surface area contributed by atoms with Gasteiger partial charge in [-0.2, -0.15) is 9.50 Å². The van der Waals surface area contributed by atoms with Gasteiger partial charge in [0.05, 0.1) is 35.3 Å². The molecule has 3 aromatic heterocycles. The molecular weight excluding hydrogens is 765 g/mol. The first-order valence-corrected chi connectivity index (χ1v) is 19.3. The third kappa shape index (κ3) is 6.97. The van der Waals surface area contributed by atoms with Crippen molar-refractivity contribution in [2.45, 2.75) is 51.0 Å². The Labute approximate surface area is 309 Å². The second kappa shape index (κ2) is 12.6. The number of nitrogens with one attached hydrogen (secondary N) is 1. The highest BCUT2D eigenvalue weighted by molar-refractivity contribution is 8.45. The van der Waals surface area contributed by atoms with E-state index in [0.717, 1.165) is 22.9 Å². The van der Waals surface area contributed by atoms with Crippen LogP contribution in [-0.4, -0.2) is 90.3 Å². The van der Waals surface area contributed by atoms with Crippen molar-refractivity contribution in [3.05, 3.63) is 68.9 Å². The van der Waals surface area contributed by atoms with Crippen LogP contribution in [0, 0.1) is 12.3 Å². The molecule has 5 heterocycles. The predicted octanol–water partition coefficient (Wildman–Crippen LogP) is 5.75. The van der Waals surface area contributed by atoms with Gasteiger partial charge >= 0.3 is 10.2 Å². The summed E-state index contributed by atoms with van der Waals surface area (Å²) in [5.41, 5.74) is 0.711. The van der Waals surface area contributed by atoms with Gasteiger partial charge in [-0.1, -0.05) is 44.0 Å². The van der Waals surface area contributed by atoms with Crippen LogP contribution in [-0.2, 0) is 22.5 Å². The van der Waals surface area contributed by atoms with Crippen molar-refractivity contribution in [1.82, 2.24) is 34.0 Å². The lowest BCUT2D eigenvalue weighted by atomic mass is 9.73. The van der Waals surface area contributed by atoms with Gasteiger partial charge in [0, 0.05) is 31.6 Å². The molecule has 2 amide bonds. The number of halogens is 6. The van der Waals surface area contributed by atoms with E-state index in [1.807, 2.05) is 6.08 Å². The molecule has 290 valence electrons. The number of rotatable bonds is 8. The molecule has 21 heteroatoms. The molecule has 4 aromatic rings. The number of fused-ring (bicyclic) bond motifs is 1. The maximum atomic E-state index is 14.3. The summed E-state index contributed by atoms with van der Waals surface area (Å²) < 4.78 is 75.0. The monoisotopic (exact) mass is 799 g/mol. The zero-order valence-electron chi connectivity index (χ0n) is 29.0. The number of nitrogens with zero attached hydrogens (tertiary/aromatic N) is 8. The number of carbonyl (C=O) groups excluding carboxylic acids is 2. The van der Waals surface area contributed by atoms with Gasteiger partial charge in [0.15, 0.2) is 17.3 Å². The minimum Gasteiger partial charge on any atom is -0.504 e. The van der Waals surface area contributed by atoms with Gasteiger partial charge < -0.3 is 29.5 Å². The molecule has 0 bridgehead atoms. The molecule has 3 aliphatic rings. The number of ether oxygens (including phenoxy) is 1. The Kier molecular flexibility index (Phi) is 8.76. The Morgan fingerprint density at radius 3 is 2.41 bits per heavy atom. The number of aromatic hydroxyl groups is 1. The van der Waals surface area contributed by atoms with E-state index >= 15 is 0 Å². The van der Waals surface area contributed by atoms with Crippen LogP contribution in [0.25, 0.3) is 11.4 Å². The van der Waals surface area contributed by atoms with Crippen LogP contribution in [0.5, 0.6) is 5.75 Å². The van der Waals surface area contributed by atoms with Crippen molar-refractivity contribution in [2.24, 2.45) is 5.41 Å². The largest absolute Gasteiger partial charge is 0.504 e. The van der Waals surface area contributed by atoms with E-state index in [9.17, 15) is 38.9 Å². The quantitative estimate of drug-likeness (QED) is 0.210. The molecule has 1 aromatic carbocycles. The number of allylic oxidation sites excluding steroid dienone is 2. The second-order valence-corrected chi connectivity index (χ2v) is 16.5. The topological polar surface area (TPSA) is 160 Å². The lowest BCUT2D eigenvalue weighted by molar-refractivity contribution is -0.116. The van der Waals surface area contributed by atoms with E-state index in [1.54, 1.807) is 18.7 Å². The van der Waals surface area contributed by atoms with Gasteiger partial charge in [-0.15, -0.1) is 5.10 Å². The van der Waals surface area contributed by atoms with Gasteiger partial charge in [0.2, 0.25) is 11.7 Å². The molecule has 1 spiro atoms. The SMILES string of the molecule is CCc1c(N2CCN(C(=O)c3ncnc(C)c3O)CC2)c(=O)n2nc(C3=CCC4(CC3)COC4)nc2n1CC(=O)Nc1ccc(S(F)(F)(F)(F)F)cc1Cl. The summed E-state index contributed by atoms with van der Waals surface area (Å²) in [6.07, 6.45) is 5.63. The van der Waals surface area contributed by atoms with Gasteiger partial charge in [-0.3, -0.25) is 14.4 Å². The van der Waals surface area contributed by atoms with Gasteiger partial charge in [-0.05, 0) is 56.4 Å². The van der Waals surface area contributed by atoms with Crippen molar-refractivity contribution >= 4 is 56.4 Å². The minimum atomic E-state index is -10.0. The summed E-state index contributed by atoms with van der Waals surface area (Å²) in [5, 5.41) is 16.6. The summed E-state index contributed by atoms with van der Waals surface area (Å²) in [4.78, 5) is 54.7. The normalized spacial score (nSPS) is 18.6. The standard InChI is InChI=1S/C33H35ClF5N9O5S/c1-3-24-27(45-10-12-46(13-11-45)30(51)26-28(50)19(2)40-18-41-26)31(52)48-32(43-29(44-48)20-6-8-33(9-7-20)16-53-17-33)47(24)15-25(49)42-23-5-4-21(14-22(23)34)54(35,36,37,38)39/h4-6,14,18,50H,3,7-13,15-17H2,1-2H3,(H,42,49). The first-order chi connectivity index (χ1) is 25.3. The lowest BCUT2D eigenvalue weighted by Gasteiger charge is -2.43. The van der Waals surface area contributed by atoms with E-state index in [1.165, 1.54) is 15.8 Å². The highest BCUT2D eigenvalue weighted by atomic mass is 35.5. The van der Waals surface area contributed by atoms with E-state index in [0.29, 0.717) is 37.2 Å². The first-order valence-electron chi connectivity index (χ1n) is 17.0. The fraction of sp³-hybridized carbons (Fsp3) is 0.424. The Balaban J connectivity index is 1.23. The van der Waals surface area contributed by atoms with Crippen molar-refractivity contribution in [1.29, 1.82) is 0 Å². The predicted molar refractivity (Wildman–Crippen MR) is 190 cm³/mol. The van der Waals surface area contributed by atoms with Crippen molar-refractivity contribution < 1.29 is 38.9 Å². The molecule has 0 radical (unpaired) electrons. The van der Waals surface area contributed by atoms with Gasteiger partial charge in [0.25, 0.3) is 11.5 Å². The molecule has 0 saturated carbocycles. The minimum absolute atomic E-state index is 0.0321. The summed E-state index contributed by atoms with van der Waals surface area (Å²) >= 11 is 5.95. The van der Waals surface area contributed by atoms with Crippen LogP contribution in [0.1, 0.15) is 53.9 Å². The van der Waals surface area contributed by atoms with Crippen molar-refractivity contribution in [3.63, 3.8) is 0 Å². The van der Waals surface area contributed by atoms with Crippen LogP contribution >= 0.6 is 21.8 Å². The van der Waals surface area contributed by atoms with Crippen LogP contribution in [0.3, 0.4) is 0 Å². The second-order valence-electron chi connectivity index (χ2n) is 13.7. The zero-order chi connectivity index (χ0) is 38.9. The highest BCUT2D eigenvalue weighted by Crippen LogP contribution is 3.02. The molecule has 0 unspecified atom stereocenters. The Bertz CT molecular complexity index is 2310. The van der Waals surface area contributed by atoms with Crippen molar-refractivity contribution in [3.8, 4) is 5.75 Å². The molecule has 2 N–H and O–H groups in total. The number of aryl methyl sites for hydroxylation is 1. The first kappa shape index (κ1) is 37.5. The fourth-order valence-electron chi connectivity index (χ4n) is 6.94. The summed E-state index contributed by atoms with van der Waals surface area (Å²) in [6, 6.07) is 0.858. The van der Waals surface area contributed by atoms with E-state index in [-0.39, 0.29) is 84.4 Å². The fourth-order valence-corrected chi connectivity index (χ4v) is 7.90. The Morgan fingerprint density at radius 1 is 1.09 bits per heavy atom. The van der Waals surface area contributed by atoms with Crippen molar-refractivity contribution in [2.75, 3.05) is 49.6 Å². The summed E-state index contributed by atoms with van der Waals surface area (Å²) in [7, 11) is -10.0. The number of hydrogen-bond donors (Lipinski definition) is 2. The van der Waals surface area contributed by atoms with Gasteiger partial charge in [0.1, 0.15) is 23.5 Å². The molecule has 54 heavy (non-hydrogen) atoms. The smallest absolute Gasteiger partial charge is 0.310 e. The lowest BCUT2D eigenvalue weighted by Crippen LogP contribution is -2.51. The molecule has 2 aliphatic heterocycles. The Hall–Kier alpha value is -4.82. The van der Waals surface area contributed by atoms with Crippen LogP contribution < -0.4 is 15.8 Å². The number of piperazine rings is 1. The van der Waals surface area contributed by atoms with Crippen LogP contribution in [0.15, 0.2) is 40.3 Å². The van der Waals surface area contributed by atoms with Crippen LogP contribution in [0.4, 0.5) is 30.8 Å².